The second-order valence-corrected chi connectivity index (χ2v) is 4.46. The van der Waals surface area contributed by atoms with Crippen LogP contribution >= 0.6 is 0 Å². The Labute approximate surface area is 117 Å². The van der Waals surface area contributed by atoms with E-state index >= 15 is 0 Å². The molecule has 0 aliphatic rings. The van der Waals surface area contributed by atoms with E-state index in [2.05, 4.69) is 4.98 Å². The molecule has 0 aliphatic heterocycles. The third-order valence-electron chi connectivity index (χ3n) is 3.04. The minimum Gasteiger partial charge on any atom is -0.496 e. The van der Waals surface area contributed by atoms with E-state index in [1.165, 1.54) is 6.07 Å². The molecule has 0 saturated heterocycles. The minimum atomic E-state index is -0.455. The number of hydrogen-bond donors (Lipinski definition) is 1. The first-order valence-electron chi connectivity index (χ1n) is 6.24. The number of methoxy groups -OCH3 is 1. The first kappa shape index (κ1) is 14.3. The third kappa shape index (κ3) is 3.05. The molecule has 1 heterocycles. The van der Waals surface area contributed by atoms with Gasteiger partial charge in [-0.3, -0.25) is 0 Å². The molecular formula is C15H17FN2O2. The number of aromatic nitrogens is 1. The first-order valence-corrected chi connectivity index (χ1v) is 6.24. The fourth-order valence-corrected chi connectivity index (χ4v) is 2.10. The molecule has 0 bridgehead atoms. The van der Waals surface area contributed by atoms with E-state index < -0.39 is 5.82 Å². The Morgan fingerprint density at radius 1 is 1.30 bits per heavy atom. The van der Waals surface area contributed by atoms with Gasteiger partial charge in [-0.25, -0.2) is 9.37 Å². The van der Waals surface area contributed by atoms with E-state index in [1.54, 1.807) is 7.11 Å². The Kier molecular flexibility index (Phi) is 4.53. The SMILES string of the molecule is COc1ccccc1CN(C)c1ncc(F)cc1CO. The second-order valence-electron chi connectivity index (χ2n) is 4.46. The Hall–Kier alpha value is -2.14. The molecule has 0 fully saturated rings. The standard InChI is InChI=1S/C15H17FN2O2/c1-18(9-11-5-3-4-6-14(11)20-2)15-12(10-19)7-13(16)8-17-15/h3-8,19H,9-10H2,1-2H3. The average molecular weight is 276 g/mol. The van der Waals surface area contributed by atoms with Gasteiger partial charge in [0.15, 0.2) is 0 Å². The van der Waals surface area contributed by atoms with Crippen LogP contribution in [0.5, 0.6) is 5.75 Å². The lowest BCUT2D eigenvalue weighted by Crippen LogP contribution is -2.20. The van der Waals surface area contributed by atoms with Gasteiger partial charge in [-0.15, -0.1) is 0 Å². The Balaban J connectivity index is 2.26. The number of benzene rings is 1. The van der Waals surface area contributed by atoms with Crippen molar-refractivity contribution in [2.75, 3.05) is 19.1 Å². The van der Waals surface area contributed by atoms with Crippen LogP contribution in [0, 0.1) is 5.82 Å². The highest BCUT2D eigenvalue weighted by Gasteiger charge is 2.12. The summed E-state index contributed by atoms with van der Waals surface area (Å²) in [6.45, 7) is 0.298. The molecule has 0 atom stereocenters. The summed E-state index contributed by atoms with van der Waals surface area (Å²) in [5, 5.41) is 9.30. The molecule has 0 saturated carbocycles. The van der Waals surface area contributed by atoms with Crippen LogP contribution < -0.4 is 9.64 Å². The fourth-order valence-electron chi connectivity index (χ4n) is 2.10. The predicted octanol–water partition coefficient (Wildman–Crippen LogP) is 2.36. The van der Waals surface area contributed by atoms with E-state index in [1.807, 2.05) is 36.2 Å². The van der Waals surface area contributed by atoms with Crippen LogP contribution in [-0.2, 0) is 13.2 Å². The summed E-state index contributed by atoms with van der Waals surface area (Å²) in [6, 6.07) is 8.96. The number of aliphatic hydroxyl groups excluding tert-OH is 1. The van der Waals surface area contributed by atoms with E-state index in [-0.39, 0.29) is 6.61 Å². The van der Waals surface area contributed by atoms with Crippen LogP contribution in [0.4, 0.5) is 10.2 Å². The van der Waals surface area contributed by atoms with E-state index in [0.717, 1.165) is 17.5 Å². The van der Waals surface area contributed by atoms with Gasteiger partial charge in [-0.05, 0) is 12.1 Å². The molecule has 0 amide bonds. The lowest BCUT2D eigenvalue weighted by Gasteiger charge is -2.21. The lowest BCUT2D eigenvalue weighted by atomic mass is 10.1. The maximum absolute atomic E-state index is 13.1. The van der Waals surface area contributed by atoms with Gasteiger partial charge < -0.3 is 14.7 Å². The first-order chi connectivity index (χ1) is 9.65. The topological polar surface area (TPSA) is 45.6 Å². The molecule has 0 unspecified atom stereocenters. The van der Waals surface area contributed by atoms with Crippen LogP contribution in [0.25, 0.3) is 0 Å². The van der Waals surface area contributed by atoms with Gasteiger partial charge in [-0.1, -0.05) is 18.2 Å². The number of hydrogen-bond acceptors (Lipinski definition) is 4. The number of nitrogens with zero attached hydrogens (tertiary/aromatic N) is 2. The number of pyridine rings is 1. The molecular weight excluding hydrogens is 259 g/mol. The molecule has 106 valence electrons. The summed E-state index contributed by atoms with van der Waals surface area (Å²) < 4.78 is 18.4. The molecule has 0 radical (unpaired) electrons. The molecule has 5 heteroatoms. The van der Waals surface area contributed by atoms with Crippen molar-refractivity contribution in [2.45, 2.75) is 13.2 Å². The molecule has 1 aromatic heterocycles. The van der Waals surface area contributed by atoms with Gasteiger partial charge in [0, 0.05) is 24.7 Å². The van der Waals surface area contributed by atoms with Crippen molar-refractivity contribution in [1.82, 2.24) is 4.98 Å². The highest BCUT2D eigenvalue weighted by Crippen LogP contribution is 2.23. The number of ether oxygens (including phenoxy) is 1. The van der Waals surface area contributed by atoms with Crippen molar-refractivity contribution in [2.24, 2.45) is 0 Å². The molecule has 0 aliphatic carbocycles. The summed E-state index contributed by atoms with van der Waals surface area (Å²) in [6.07, 6.45) is 1.15. The maximum Gasteiger partial charge on any atom is 0.142 e. The summed E-state index contributed by atoms with van der Waals surface area (Å²) in [7, 11) is 3.46. The van der Waals surface area contributed by atoms with Gasteiger partial charge in [0.1, 0.15) is 17.4 Å². The average Bonchev–Trinajstić information content (AvgIpc) is 2.47. The summed E-state index contributed by atoms with van der Waals surface area (Å²) in [5.74, 6) is 0.885. The smallest absolute Gasteiger partial charge is 0.142 e. The monoisotopic (exact) mass is 276 g/mol. The normalized spacial score (nSPS) is 10.4. The van der Waals surface area contributed by atoms with Crippen LogP contribution in [0.2, 0.25) is 0 Å². The Bertz CT molecular complexity index is 590. The van der Waals surface area contributed by atoms with E-state index in [4.69, 9.17) is 4.74 Å². The van der Waals surface area contributed by atoms with Crippen LogP contribution in [0.15, 0.2) is 36.5 Å². The summed E-state index contributed by atoms with van der Waals surface area (Å²) >= 11 is 0. The molecule has 2 aromatic rings. The molecule has 1 aromatic carbocycles. The number of halogens is 1. The fraction of sp³-hybridized carbons (Fsp3) is 0.267. The number of aliphatic hydroxyl groups is 1. The Morgan fingerprint density at radius 2 is 2.05 bits per heavy atom. The zero-order valence-electron chi connectivity index (χ0n) is 11.5. The van der Waals surface area contributed by atoms with Crippen molar-refractivity contribution in [3.63, 3.8) is 0 Å². The van der Waals surface area contributed by atoms with E-state index in [9.17, 15) is 9.50 Å². The van der Waals surface area contributed by atoms with Crippen LogP contribution in [0.1, 0.15) is 11.1 Å². The van der Waals surface area contributed by atoms with Gasteiger partial charge in [0.05, 0.1) is 19.9 Å². The maximum atomic E-state index is 13.1. The molecule has 1 N–H and O–H groups in total. The van der Waals surface area contributed by atoms with Crippen molar-refractivity contribution in [3.8, 4) is 5.75 Å². The summed E-state index contributed by atoms with van der Waals surface area (Å²) in [5.41, 5.74) is 1.45. The minimum absolute atomic E-state index is 0.254. The number of para-hydroxylation sites is 1. The number of rotatable bonds is 5. The van der Waals surface area contributed by atoms with Crippen LogP contribution in [0.3, 0.4) is 0 Å². The quantitative estimate of drug-likeness (QED) is 0.910. The lowest BCUT2D eigenvalue weighted by molar-refractivity contribution is 0.281. The van der Waals surface area contributed by atoms with Gasteiger partial charge in [0.25, 0.3) is 0 Å². The highest BCUT2D eigenvalue weighted by molar-refractivity contribution is 5.47. The molecule has 2 rings (SSSR count). The van der Waals surface area contributed by atoms with Crippen molar-refractivity contribution >= 4 is 5.82 Å². The van der Waals surface area contributed by atoms with Gasteiger partial charge in [-0.2, -0.15) is 0 Å². The van der Waals surface area contributed by atoms with Crippen molar-refractivity contribution < 1.29 is 14.2 Å². The van der Waals surface area contributed by atoms with Gasteiger partial charge in [0.2, 0.25) is 0 Å². The zero-order valence-corrected chi connectivity index (χ0v) is 11.5. The van der Waals surface area contributed by atoms with Gasteiger partial charge >= 0.3 is 0 Å². The summed E-state index contributed by atoms with van der Waals surface area (Å²) in [4.78, 5) is 5.90. The van der Waals surface area contributed by atoms with E-state index in [0.29, 0.717) is 17.9 Å². The van der Waals surface area contributed by atoms with Crippen LogP contribution in [-0.4, -0.2) is 24.2 Å². The zero-order chi connectivity index (χ0) is 14.5. The third-order valence-corrected chi connectivity index (χ3v) is 3.04. The molecule has 0 spiro atoms. The molecule has 4 nitrogen and oxygen atoms in total. The predicted molar refractivity (Wildman–Crippen MR) is 75.2 cm³/mol. The largest absolute Gasteiger partial charge is 0.496 e. The van der Waals surface area contributed by atoms with Crippen molar-refractivity contribution in [1.29, 1.82) is 0 Å². The Morgan fingerprint density at radius 3 is 2.75 bits per heavy atom. The second kappa shape index (κ2) is 6.34. The van der Waals surface area contributed by atoms with Crippen molar-refractivity contribution in [3.05, 3.63) is 53.5 Å². The number of anilines is 1. The molecule has 20 heavy (non-hydrogen) atoms. The highest BCUT2D eigenvalue weighted by atomic mass is 19.1.